The van der Waals surface area contributed by atoms with E-state index in [1.54, 1.807) is 47.8 Å². The second-order valence-corrected chi connectivity index (χ2v) is 7.01. The molecule has 3 rings (SSSR count). The van der Waals surface area contributed by atoms with Crippen LogP contribution in [0.3, 0.4) is 0 Å². The Morgan fingerprint density at radius 2 is 1.87 bits per heavy atom. The molecule has 2 aromatic carbocycles. The Kier molecular flexibility index (Phi) is 6.97. The first-order valence-corrected chi connectivity index (χ1v) is 9.69. The predicted molar refractivity (Wildman–Crippen MR) is 110 cm³/mol. The highest BCUT2D eigenvalue weighted by Gasteiger charge is 2.13. The number of ether oxygens (including phenoxy) is 2. The zero-order valence-corrected chi connectivity index (χ0v) is 16.7. The maximum absolute atomic E-state index is 12.5. The fraction of sp³-hybridized carbons (Fsp3) is 0.143. The summed E-state index contributed by atoms with van der Waals surface area (Å²) >= 11 is 1.32. The summed E-state index contributed by atoms with van der Waals surface area (Å²) < 4.78 is 34.5. The number of alkyl halides is 2. The molecule has 1 aromatic heterocycles. The fourth-order valence-electron chi connectivity index (χ4n) is 2.64. The molecule has 1 heterocycles. The Bertz CT molecular complexity index is 1030. The summed E-state index contributed by atoms with van der Waals surface area (Å²) in [5.74, 6) is -0.584. The standard InChI is InChI=1S/C21H18F2N2O4S/c1-28-16-8-7-13(10-17(16)29-21(22)23)12-24-19(26)14-4-2-5-15(11-14)25-20(27)18-6-3-9-30-18/h2-11,21H,12H2,1H3,(H,24,26)(H,25,27). The second kappa shape index (κ2) is 9.84. The van der Waals surface area contributed by atoms with Crippen molar-refractivity contribution in [1.82, 2.24) is 5.32 Å². The molecule has 0 fully saturated rings. The van der Waals surface area contributed by atoms with Crippen LogP contribution in [0.2, 0.25) is 0 Å². The van der Waals surface area contributed by atoms with Crippen molar-refractivity contribution in [3.63, 3.8) is 0 Å². The molecule has 156 valence electrons. The molecule has 30 heavy (non-hydrogen) atoms. The average Bonchev–Trinajstić information content (AvgIpc) is 3.27. The van der Waals surface area contributed by atoms with Gasteiger partial charge in [0.25, 0.3) is 11.8 Å². The Labute approximate surface area is 175 Å². The molecule has 0 unspecified atom stereocenters. The van der Waals surface area contributed by atoms with Crippen LogP contribution in [0.1, 0.15) is 25.6 Å². The number of methoxy groups -OCH3 is 1. The van der Waals surface area contributed by atoms with E-state index in [0.29, 0.717) is 21.7 Å². The molecule has 0 atom stereocenters. The van der Waals surface area contributed by atoms with Gasteiger partial charge in [-0.2, -0.15) is 8.78 Å². The van der Waals surface area contributed by atoms with Crippen LogP contribution in [-0.2, 0) is 6.54 Å². The van der Waals surface area contributed by atoms with E-state index in [1.807, 2.05) is 0 Å². The highest BCUT2D eigenvalue weighted by atomic mass is 32.1. The second-order valence-electron chi connectivity index (χ2n) is 6.06. The van der Waals surface area contributed by atoms with Gasteiger partial charge in [-0.15, -0.1) is 11.3 Å². The SMILES string of the molecule is COc1ccc(CNC(=O)c2cccc(NC(=O)c3cccs3)c2)cc1OC(F)F. The lowest BCUT2D eigenvalue weighted by molar-refractivity contribution is -0.0512. The minimum atomic E-state index is -2.99. The van der Waals surface area contributed by atoms with Gasteiger partial charge in [0.1, 0.15) is 0 Å². The molecule has 0 aliphatic carbocycles. The Morgan fingerprint density at radius 1 is 1.03 bits per heavy atom. The van der Waals surface area contributed by atoms with Crippen molar-refractivity contribution in [3.8, 4) is 11.5 Å². The van der Waals surface area contributed by atoms with Gasteiger partial charge < -0.3 is 20.1 Å². The molecule has 0 bridgehead atoms. The molecular formula is C21H18F2N2O4S. The van der Waals surface area contributed by atoms with Gasteiger partial charge in [0.05, 0.1) is 12.0 Å². The van der Waals surface area contributed by atoms with Crippen LogP contribution in [-0.4, -0.2) is 25.5 Å². The van der Waals surface area contributed by atoms with Crippen LogP contribution in [0.25, 0.3) is 0 Å². The summed E-state index contributed by atoms with van der Waals surface area (Å²) in [6.07, 6.45) is 0. The normalized spacial score (nSPS) is 10.5. The van der Waals surface area contributed by atoms with E-state index >= 15 is 0 Å². The highest BCUT2D eigenvalue weighted by molar-refractivity contribution is 7.12. The number of carbonyl (C=O) groups is 2. The number of halogens is 2. The van der Waals surface area contributed by atoms with Gasteiger partial charge in [-0.25, -0.2) is 0 Å². The highest BCUT2D eigenvalue weighted by Crippen LogP contribution is 2.29. The van der Waals surface area contributed by atoms with E-state index in [1.165, 1.54) is 30.6 Å². The number of carbonyl (C=O) groups excluding carboxylic acids is 2. The largest absolute Gasteiger partial charge is 0.493 e. The summed E-state index contributed by atoms with van der Waals surface area (Å²) in [7, 11) is 1.35. The summed E-state index contributed by atoms with van der Waals surface area (Å²) in [6, 6.07) is 14.5. The average molecular weight is 432 g/mol. The van der Waals surface area contributed by atoms with Crippen LogP contribution >= 0.6 is 11.3 Å². The first-order chi connectivity index (χ1) is 14.5. The zero-order chi connectivity index (χ0) is 21.5. The van der Waals surface area contributed by atoms with Gasteiger partial charge >= 0.3 is 6.61 Å². The minimum Gasteiger partial charge on any atom is -0.493 e. The lowest BCUT2D eigenvalue weighted by Gasteiger charge is -2.12. The van der Waals surface area contributed by atoms with E-state index in [2.05, 4.69) is 15.4 Å². The monoisotopic (exact) mass is 432 g/mol. The van der Waals surface area contributed by atoms with Gasteiger partial charge in [-0.05, 0) is 47.3 Å². The van der Waals surface area contributed by atoms with Crippen molar-refractivity contribution in [2.75, 3.05) is 12.4 Å². The van der Waals surface area contributed by atoms with E-state index in [9.17, 15) is 18.4 Å². The van der Waals surface area contributed by atoms with Crippen molar-refractivity contribution < 1.29 is 27.8 Å². The lowest BCUT2D eigenvalue weighted by Crippen LogP contribution is -2.23. The third kappa shape index (κ3) is 5.54. The molecule has 0 saturated carbocycles. The van der Waals surface area contributed by atoms with Gasteiger partial charge in [-0.1, -0.05) is 18.2 Å². The number of thiophene rings is 1. The van der Waals surface area contributed by atoms with E-state index in [0.717, 1.165) is 0 Å². The number of rotatable bonds is 8. The lowest BCUT2D eigenvalue weighted by atomic mass is 10.1. The van der Waals surface area contributed by atoms with Crippen molar-refractivity contribution >= 4 is 28.8 Å². The van der Waals surface area contributed by atoms with Gasteiger partial charge in [0.15, 0.2) is 11.5 Å². The summed E-state index contributed by atoms with van der Waals surface area (Å²) in [5, 5.41) is 7.25. The zero-order valence-electron chi connectivity index (χ0n) is 15.9. The maximum Gasteiger partial charge on any atom is 0.387 e. The number of benzene rings is 2. The van der Waals surface area contributed by atoms with Crippen LogP contribution < -0.4 is 20.1 Å². The van der Waals surface area contributed by atoms with E-state index < -0.39 is 6.61 Å². The van der Waals surface area contributed by atoms with Crippen molar-refractivity contribution in [3.05, 3.63) is 76.0 Å². The molecule has 0 spiro atoms. The first kappa shape index (κ1) is 21.3. The number of nitrogens with one attached hydrogen (secondary N) is 2. The Balaban J connectivity index is 1.64. The Morgan fingerprint density at radius 3 is 2.57 bits per heavy atom. The molecular weight excluding hydrogens is 414 g/mol. The smallest absolute Gasteiger partial charge is 0.387 e. The van der Waals surface area contributed by atoms with E-state index in [-0.39, 0.29) is 29.9 Å². The topological polar surface area (TPSA) is 76.7 Å². The molecule has 9 heteroatoms. The fourth-order valence-corrected chi connectivity index (χ4v) is 3.26. The number of hydrogen-bond acceptors (Lipinski definition) is 5. The summed E-state index contributed by atoms with van der Waals surface area (Å²) in [6.45, 7) is -2.90. The van der Waals surface area contributed by atoms with Crippen molar-refractivity contribution in [2.24, 2.45) is 0 Å². The van der Waals surface area contributed by atoms with Gasteiger partial charge in [-0.3, -0.25) is 9.59 Å². The van der Waals surface area contributed by atoms with Gasteiger partial charge in [0.2, 0.25) is 0 Å². The molecule has 2 N–H and O–H groups in total. The molecule has 0 radical (unpaired) electrons. The molecule has 6 nitrogen and oxygen atoms in total. The quantitative estimate of drug-likeness (QED) is 0.548. The number of amides is 2. The molecule has 0 saturated heterocycles. The number of anilines is 1. The first-order valence-electron chi connectivity index (χ1n) is 8.81. The summed E-state index contributed by atoms with van der Waals surface area (Å²) in [5.41, 5.74) is 1.39. The van der Waals surface area contributed by atoms with Crippen molar-refractivity contribution in [1.29, 1.82) is 0 Å². The van der Waals surface area contributed by atoms with Crippen LogP contribution in [0, 0.1) is 0 Å². The van der Waals surface area contributed by atoms with Crippen LogP contribution in [0.15, 0.2) is 60.0 Å². The van der Waals surface area contributed by atoms with Crippen molar-refractivity contribution in [2.45, 2.75) is 13.2 Å². The molecule has 2 amide bonds. The molecule has 0 aliphatic rings. The predicted octanol–water partition coefficient (Wildman–Crippen LogP) is 4.54. The minimum absolute atomic E-state index is 0.0915. The maximum atomic E-state index is 12.5. The third-order valence-electron chi connectivity index (χ3n) is 4.02. The number of hydrogen-bond donors (Lipinski definition) is 2. The summed E-state index contributed by atoms with van der Waals surface area (Å²) in [4.78, 5) is 25.2. The van der Waals surface area contributed by atoms with Gasteiger partial charge in [0, 0.05) is 17.8 Å². The molecule has 3 aromatic rings. The van der Waals surface area contributed by atoms with Crippen LogP contribution in [0.4, 0.5) is 14.5 Å². The van der Waals surface area contributed by atoms with E-state index in [4.69, 9.17) is 4.74 Å². The third-order valence-corrected chi connectivity index (χ3v) is 4.89. The Hall–Kier alpha value is -3.46. The van der Waals surface area contributed by atoms with Crippen LogP contribution in [0.5, 0.6) is 11.5 Å². The molecule has 0 aliphatic heterocycles.